The highest BCUT2D eigenvalue weighted by Crippen LogP contribution is 2.46. The van der Waals surface area contributed by atoms with Gasteiger partial charge in [0.2, 0.25) is 0 Å². The maximum Gasteiger partial charge on any atom is 0.161 e. The van der Waals surface area contributed by atoms with Crippen molar-refractivity contribution < 1.29 is 4.42 Å². The lowest BCUT2D eigenvalue weighted by atomic mass is 9.94. The Morgan fingerprint density at radius 2 is 1.09 bits per heavy atom. The number of furan rings is 1. The van der Waals surface area contributed by atoms with Gasteiger partial charge in [0, 0.05) is 31.2 Å². The molecule has 0 aliphatic heterocycles. The van der Waals surface area contributed by atoms with E-state index < -0.39 is 0 Å². The van der Waals surface area contributed by atoms with E-state index in [1.54, 1.807) is 0 Å². The van der Waals surface area contributed by atoms with Crippen LogP contribution in [0.25, 0.3) is 92.2 Å². The minimum atomic E-state index is 0.896. The minimum Gasteiger partial charge on any atom is -0.454 e. The van der Waals surface area contributed by atoms with Crippen molar-refractivity contribution in [3.63, 3.8) is 0 Å². The van der Waals surface area contributed by atoms with Crippen LogP contribution < -0.4 is 0 Å². The Kier molecular flexibility index (Phi) is 5.78. The highest BCUT2D eigenvalue weighted by molar-refractivity contribution is 7.26. The van der Waals surface area contributed by atoms with Crippen LogP contribution >= 0.6 is 11.3 Å². The Hall–Kier alpha value is -5.90. The van der Waals surface area contributed by atoms with Crippen LogP contribution in [0.5, 0.6) is 0 Å². The van der Waals surface area contributed by atoms with Crippen molar-refractivity contribution in [2.75, 3.05) is 0 Å². The first-order valence-electron chi connectivity index (χ1n) is 15.9. The monoisotopic (exact) mass is 617 g/mol. The van der Waals surface area contributed by atoms with Crippen molar-refractivity contribution in [1.29, 1.82) is 0 Å². The molecule has 3 heterocycles. The number of thiophene rings is 1. The van der Waals surface area contributed by atoms with E-state index in [1.807, 2.05) is 11.3 Å². The molecule has 0 N–H and O–H groups in total. The first-order chi connectivity index (χ1) is 23.3. The lowest BCUT2D eigenvalue weighted by molar-refractivity contribution is 0.673. The second-order valence-electron chi connectivity index (χ2n) is 12.1. The third-order valence-electron chi connectivity index (χ3n) is 9.41. The Morgan fingerprint density at radius 3 is 1.91 bits per heavy atom. The zero-order chi connectivity index (χ0) is 30.9. The second-order valence-corrected chi connectivity index (χ2v) is 13.1. The summed E-state index contributed by atoms with van der Waals surface area (Å²) in [5, 5.41) is 4.87. The number of nitrogens with zero attached hydrogens (tertiary/aromatic N) is 1. The van der Waals surface area contributed by atoms with Gasteiger partial charge in [-0.2, -0.15) is 0 Å². The van der Waals surface area contributed by atoms with E-state index in [0.717, 1.165) is 44.2 Å². The minimum absolute atomic E-state index is 0.896. The summed E-state index contributed by atoms with van der Waals surface area (Å²) in [7, 11) is 0. The second kappa shape index (κ2) is 10.3. The van der Waals surface area contributed by atoms with Crippen molar-refractivity contribution >= 4 is 64.5 Å². The van der Waals surface area contributed by atoms with Gasteiger partial charge in [0.25, 0.3) is 0 Å². The quantitative estimate of drug-likeness (QED) is 0.192. The first-order valence-corrected chi connectivity index (χ1v) is 16.8. The molecule has 10 aromatic rings. The fourth-order valence-corrected chi connectivity index (χ4v) is 8.65. The molecule has 47 heavy (non-hydrogen) atoms. The SMILES string of the molecule is c1ccc(-c2cccc3c2sc2cccc(-c4cccc(-c5cccc6oc7c8ccccc8n(-c8ccccc8)c7c56)c4)c23)cc1. The van der Waals surface area contributed by atoms with Crippen LogP contribution in [0.15, 0.2) is 168 Å². The highest BCUT2D eigenvalue weighted by Gasteiger charge is 2.22. The molecule has 10 rings (SSSR count). The van der Waals surface area contributed by atoms with Crippen LogP contribution in [0.4, 0.5) is 0 Å². The Bertz CT molecular complexity index is 2780. The van der Waals surface area contributed by atoms with Gasteiger partial charge in [-0.3, -0.25) is 0 Å². The van der Waals surface area contributed by atoms with Crippen molar-refractivity contribution in [2.24, 2.45) is 0 Å². The Labute approximate surface area is 275 Å². The summed E-state index contributed by atoms with van der Waals surface area (Å²) in [6.07, 6.45) is 0. The van der Waals surface area contributed by atoms with E-state index in [0.29, 0.717) is 0 Å². The van der Waals surface area contributed by atoms with E-state index in [-0.39, 0.29) is 0 Å². The van der Waals surface area contributed by atoms with Gasteiger partial charge in [-0.15, -0.1) is 11.3 Å². The van der Waals surface area contributed by atoms with Gasteiger partial charge < -0.3 is 8.98 Å². The number of hydrogen-bond donors (Lipinski definition) is 0. The molecule has 3 heteroatoms. The van der Waals surface area contributed by atoms with E-state index in [2.05, 4.69) is 168 Å². The Morgan fingerprint density at radius 1 is 0.468 bits per heavy atom. The normalized spacial score (nSPS) is 11.8. The smallest absolute Gasteiger partial charge is 0.161 e. The average Bonchev–Trinajstić information content (AvgIpc) is 3.81. The van der Waals surface area contributed by atoms with E-state index in [4.69, 9.17) is 4.42 Å². The molecule has 0 amide bonds. The van der Waals surface area contributed by atoms with Crippen LogP contribution in [0.2, 0.25) is 0 Å². The summed E-state index contributed by atoms with van der Waals surface area (Å²) in [5.74, 6) is 0. The molecule has 0 atom stereocenters. The topological polar surface area (TPSA) is 18.1 Å². The molecular formula is C44H27NOS. The lowest BCUT2D eigenvalue weighted by Gasteiger charge is -2.11. The van der Waals surface area contributed by atoms with Gasteiger partial charge in [-0.1, -0.05) is 121 Å². The molecule has 0 saturated carbocycles. The average molecular weight is 618 g/mol. The zero-order valence-corrected chi connectivity index (χ0v) is 26.2. The molecule has 0 bridgehead atoms. The van der Waals surface area contributed by atoms with Crippen LogP contribution in [0.3, 0.4) is 0 Å². The van der Waals surface area contributed by atoms with E-state index in [1.165, 1.54) is 48.0 Å². The van der Waals surface area contributed by atoms with E-state index in [9.17, 15) is 0 Å². The van der Waals surface area contributed by atoms with Crippen molar-refractivity contribution in [1.82, 2.24) is 4.57 Å². The molecule has 2 nitrogen and oxygen atoms in total. The molecular weight excluding hydrogens is 591 g/mol. The first kappa shape index (κ1) is 26.3. The maximum atomic E-state index is 6.67. The van der Waals surface area contributed by atoms with Crippen molar-refractivity contribution in [2.45, 2.75) is 0 Å². The number of para-hydroxylation sites is 2. The summed E-state index contributed by atoms with van der Waals surface area (Å²) < 4.78 is 11.7. The number of rotatable bonds is 4. The molecule has 0 saturated heterocycles. The van der Waals surface area contributed by atoms with Gasteiger partial charge in [0.15, 0.2) is 5.58 Å². The van der Waals surface area contributed by atoms with Crippen LogP contribution in [-0.2, 0) is 0 Å². The van der Waals surface area contributed by atoms with Crippen molar-refractivity contribution in [3.05, 3.63) is 164 Å². The van der Waals surface area contributed by atoms with Crippen LogP contribution in [0.1, 0.15) is 0 Å². The molecule has 0 aliphatic rings. The largest absolute Gasteiger partial charge is 0.454 e. The summed E-state index contributed by atoms with van der Waals surface area (Å²) >= 11 is 1.88. The fourth-order valence-electron chi connectivity index (χ4n) is 7.38. The molecule has 7 aromatic carbocycles. The number of fused-ring (bicyclic) bond motifs is 8. The van der Waals surface area contributed by atoms with Gasteiger partial charge in [-0.25, -0.2) is 0 Å². The highest BCUT2D eigenvalue weighted by atomic mass is 32.1. The third-order valence-corrected chi connectivity index (χ3v) is 10.6. The van der Waals surface area contributed by atoms with Crippen LogP contribution in [0, 0.1) is 0 Å². The fraction of sp³-hybridized carbons (Fsp3) is 0. The molecule has 0 aliphatic carbocycles. The van der Waals surface area contributed by atoms with Gasteiger partial charge in [0.1, 0.15) is 11.1 Å². The predicted molar refractivity (Wildman–Crippen MR) is 200 cm³/mol. The summed E-state index contributed by atoms with van der Waals surface area (Å²) in [6.45, 7) is 0. The number of aromatic nitrogens is 1. The van der Waals surface area contributed by atoms with Crippen molar-refractivity contribution in [3.8, 4) is 39.1 Å². The lowest BCUT2D eigenvalue weighted by Crippen LogP contribution is -1.93. The van der Waals surface area contributed by atoms with E-state index >= 15 is 0 Å². The standard InChI is InChI=1S/C44H27NOS/c1-3-13-28(14-4-1)34-22-10-23-36-40-32(21-12-26-39(40)47-44(34)36)29-15-9-16-30(27-29)33-20-11-25-38-41(33)42-43(46-38)35-19-7-8-24-37(35)45(42)31-17-5-2-6-18-31/h1-27H. The summed E-state index contributed by atoms with van der Waals surface area (Å²) in [4.78, 5) is 0. The molecule has 0 radical (unpaired) electrons. The third kappa shape index (κ3) is 3.97. The molecule has 3 aromatic heterocycles. The molecule has 0 unspecified atom stereocenters. The Balaban J connectivity index is 1.21. The van der Waals surface area contributed by atoms with Gasteiger partial charge >= 0.3 is 0 Å². The number of hydrogen-bond acceptors (Lipinski definition) is 2. The van der Waals surface area contributed by atoms with Gasteiger partial charge in [0.05, 0.1) is 10.9 Å². The molecule has 220 valence electrons. The van der Waals surface area contributed by atoms with Crippen LogP contribution in [-0.4, -0.2) is 4.57 Å². The number of benzene rings is 7. The summed E-state index contributed by atoms with van der Waals surface area (Å²) in [5.41, 5.74) is 12.5. The zero-order valence-electron chi connectivity index (χ0n) is 25.4. The predicted octanol–water partition coefficient (Wildman–Crippen LogP) is 12.9. The summed E-state index contributed by atoms with van der Waals surface area (Å²) in [6, 6.07) is 58.7. The maximum absolute atomic E-state index is 6.67. The molecule has 0 spiro atoms. The van der Waals surface area contributed by atoms with Gasteiger partial charge in [-0.05, 0) is 75.8 Å². The molecule has 0 fully saturated rings.